The first kappa shape index (κ1) is 11.0. The Kier molecular flexibility index (Phi) is 3.52. The lowest BCUT2D eigenvalue weighted by Gasteiger charge is -2.05. The largest absolute Gasteiger partial charge is 0.481 e. The molecular weight excluding hydrogens is 180 g/mol. The second-order valence-electron chi connectivity index (χ2n) is 3.62. The van der Waals surface area contributed by atoms with Crippen LogP contribution < -0.4 is 4.74 Å². The van der Waals surface area contributed by atoms with E-state index in [4.69, 9.17) is 9.84 Å². The molecule has 80 valence electrons. The second kappa shape index (κ2) is 4.46. The number of aryl methyl sites for hydroxylation is 1. The van der Waals surface area contributed by atoms with Crippen molar-refractivity contribution in [3.05, 3.63) is 11.3 Å². The van der Waals surface area contributed by atoms with Crippen molar-refractivity contribution < 1.29 is 9.84 Å². The van der Waals surface area contributed by atoms with Gasteiger partial charge in [0, 0.05) is 25.6 Å². The fourth-order valence-electron chi connectivity index (χ4n) is 1.64. The molecule has 1 heterocycles. The average Bonchev–Trinajstić information content (AvgIpc) is 2.43. The molecule has 1 rings (SSSR count). The van der Waals surface area contributed by atoms with Crippen LogP contribution in [-0.2, 0) is 13.5 Å². The lowest BCUT2D eigenvalue weighted by Crippen LogP contribution is -1.99. The van der Waals surface area contributed by atoms with Crippen molar-refractivity contribution >= 4 is 0 Å². The van der Waals surface area contributed by atoms with Crippen molar-refractivity contribution in [2.24, 2.45) is 7.05 Å². The van der Waals surface area contributed by atoms with Gasteiger partial charge in [-0.15, -0.1) is 0 Å². The number of rotatable bonds is 4. The predicted molar refractivity (Wildman–Crippen MR) is 54.6 cm³/mol. The fraction of sp³-hybridized carbons (Fsp3) is 0.700. The highest BCUT2D eigenvalue weighted by Gasteiger charge is 2.18. The number of aromatic nitrogens is 2. The normalized spacial score (nSPS) is 11.0. The fourth-order valence-corrected chi connectivity index (χ4v) is 1.64. The topological polar surface area (TPSA) is 47.3 Å². The molecule has 0 bridgehead atoms. The van der Waals surface area contributed by atoms with Crippen LogP contribution in [0.4, 0.5) is 0 Å². The second-order valence-corrected chi connectivity index (χ2v) is 3.62. The summed E-state index contributed by atoms with van der Waals surface area (Å²) in [6.45, 7) is 4.30. The molecule has 0 aliphatic heterocycles. The molecule has 4 nitrogen and oxygen atoms in total. The summed E-state index contributed by atoms with van der Waals surface area (Å²) in [6, 6.07) is 0. The van der Waals surface area contributed by atoms with E-state index in [0.717, 1.165) is 17.1 Å². The van der Waals surface area contributed by atoms with Crippen LogP contribution in [0.3, 0.4) is 0 Å². The summed E-state index contributed by atoms with van der Waals surface area (Å²) in [5, 5.41) is 13.3. The van der Waals surface area contributed by atoms with Crippen LogP contribution in [0.5, 0.6) is 5.88 Å². The molecule has 0 fully saturated rings. The highest BCUT2D eigenvalue weighted by atomic mass is 16.5. The highest BCUT2D eigenvalue weighted by molar-refractivity contribution is 5.33. The number of methoxy groups -OCH3 is 1. The lowest BCUT2D eigenvalue weighted by molar-refractivity contribution is 0.295. The van der Waals surface area contributed by atoms with Crippen LogP contribution in [0.15, 0.2) is 0 Å². The number of hydrogen-bond donors (Lipinski definition) is 1. The number of hydrogen-bond acceptors (Lipinski definition) is 3. The smallest absolute Gasteiger partial charge is 0.214 e. The maximum Gasteiger partial charge on any atom is 0.214 e. The van der Waals surface area contributed by atoms with Gasteiger partial charge in [0.15, 0.2) is 0 Å². The number of aliphatic hydroxyl groups excluding tert-OH is 1. The van der Waals surface area contributed by atoms with Crippen molar-refractivity contribution in [2.75, 3.05) is 13.7 Å². The lowest BCUT2D eigenvalue weighted by atomic mass is 10.0. The van der Waals surface area contributed by atoms with Gasteiger partial charge < -0.3 is 9.84 Å². The molecule has 1 N–H and O–H groups in total. The van der Waals surface area contributed by atoms with Gasteiger partial charge in [0.1, 0.15) is 0 Å². The monoisotopic (exact) mass is 198 g/mol. The predicted octanol–water partition coefficient (Wildman–Crippen LogP) is 1.09. The SMILES string of the molecule is COc1c(CCO)c(C(C)C)nn1C. The third-order valence-corrected chi connectivity index (χ3v) is 2.22. The van der Waals surface area contributed by atoms with Crippen molar-refractivity contribution in [2.45, 2.75) is 26.2 Å². The number of ether oxygens (including phenoxy) is 1. The molecule has 0 unspecified atom stereocenters. The van der Waals surface area contributed by atoms with Crippen molar-refractivity contribution in [1.82, 2.24) is 9.78 Å². The third-order valence-electron chi connectivity index (χ3n) is 2.22. The Labute approximate surface area is 84.5 Å². The summed E-state index contributed by atoms with van der Waals surface area (Å²) < 4.78 is 6.97. The minimum Gasteiger partial charge on any atom is -0.481 e. The average molecular weight is 198 g/mol. The molecule has 0 aliphatic rings. The van der Waals surface area contributed by atoms with Crippen LogP contribution in [0.25, 0.3) is 0 Å². The summed E-state index contributed by atoms with van der Waals surface area (Å²) in [4.78, 5) is 0. The van der Waals surface area contributed by atoms with Crippen LogP contribution in [0.1, 0.15) is 31.0 Å². The van der Waals surface area contributed by atoms with Crippen molar-refractivity contribution in [3.63, 3.8) is 0 Å². The van der Waals surface area contributed by atoms with Crippen LogP contribution in [0.2, 0.25) is 0 Å². The molecule has 1 aromatic rings. The molecule has 4 heteroatoms. The first-order valence-electron chi connectivity index (χ1n) is 4.82. The van der Waals surface area contributed by atoms with E-state index in [2.05, 4.69) is 18.9 Å². The van der Waals surface area contributed by atoms with Gasteiger partial charge in [-0.3, -0.25) is 0 Å². The molecule has 0 amide bonds. The standard InChI is InChI=1S/C10H18N2O2/c1-7(2)9-8(5-6-13)10(14-4)12(3)11-9/h7,13H,5-6H2,1-4H3. The van der Waals surface area contributed by atoms with E-state index in [1.54, 1.807) is 11.8 Å². The zero-order chi connectivity index (χ0) is 10.7. The molecule has 0 aromatic carbocycles. The van der Waals surface area contributed by atoms with E-state index >= 15 is 0 Å². The van der Waals surface area contributed by atoms with Gasteiger partial charge >= 0.3 is 0 Å². The van der Waals surface area contributed by atoms with Gasteiger partial charge in [-0.05, 0) is 5.92 Å². The number of nitrogens with zero attached hydrogens (tertiary/aromatic N) is 2. The maximum atomic E-state index is 8.96. The van der Waals surface area contributed by atoms with Crippen LogP contribution >= 0.6 is 0 Å². The maximum absolute atomic E-state index is 8.96. The van der Waals surface area contributed by atoms with Gasteiger partial charge in [-0.1, -0.05) is 13.8 Å². The van der Waals surface area contributed by atoms with E-state index in [1.807, 2.05) is 7.05 Å². The zero-order valence-corrected chi connectivity index (χ0v) is 9.24. The summed E-state index contributed by atoms with van der Waals surface area (Å²) in [5.74, 6) is 1.11. The van der Waals surface area contributed by atoms with E-state index in [1.165, 1.54) is 0 Å². The van der Waals surface area contributed by atoms with Crippen LogP contribution in [-0.4, -0.2) is 28.6 Å². The van der Waals surface area contributed by atoms with Gasteiger partial charge in [0.2, 0.25) is 5.88 Å². The van der Waals surface area contributed by atoms with Gasteiger partial charge in [-0.25, -0.2) is 4.68 Å². The Bertz CT molecular complexity index is 305. The van der Waals surface area contributed by atoms with Gasteiger partial charge in [-0.2, -0.15) is 5.10 Å². The van der Waals surface area contributed by atoms with Crippen LogP contribution in [0, 0.1) is 0 Å². The third kappa shape index (κ3) is 1.90. The molecule has 0 radical (unpaired) electrons. The Balaban J connectivity index is 3.15. The summed E-state index contributed by atoms with van der Waals surface area (Å²) in [7, 11) is 3.48. The van der Waals surface area contributed by atoms with Crippen molar-refractivity contribution in [3.8, 4) is 5.88 Å². The first-order chi connectivity index (χ1) is 6.61. The molecule has 0 aliphatic carbocycles. The Morgan fingerprint density at radius 2 is 2.14 bits per heavy atom. The molecule has 0 saturated carbocycles. The summed E-state index contributed by atoms with van der Waals surface area (Å²) >= 11 is 0. The molecule has 1 aromatic heterocycles. The molecular formula is C10H18N2O2. The van der Waals surface area contributed by atoms with Gasteiger partial charge in [0.25, 0.3) is 0 Å². The van der Waals surface area contributed by atoms with E-state index < -0.39 is 0 Å². The molecule has 0 atom stereocenters. The molecule has 14 heavy (non-hydrogen) atoms. The van der Waals surface area contributed by atoms with E-state index in [-0.39, 0.29) is 6.61 Å². The Hall–Kier alpha value is -1.03. The summed E-state index contributed by atoms with van der Waals surface area (Å²) in [5.41, 5.74) is 2.03. The Morgan fingerprint density at radius 3 is 2.57 bits per heavy atom. The highest BCUT2D eigenvalue weighted by Crippen LogP contribution is 2.27. The van der Waals surface area contributed by atoms with Gasteiger partial charge in [0.05, 0.1) is 12.8 Å². The zero-order valence-electron chi connectivity index (χ0n) is 9.24. The van der Waals surface area contributed by atoms with E-state index in [9.17, 15) is 0 Å². The minimum atomic E-state index is 0.127. The Morgan fingerprint density at radius 1 is 1.50 bits per heavy atom. The number of aliphatic hydroxyl groups is 1. The van der Waals surface area contributed by atoms with Crippen molar-refractivity contribution in [1.29, 1.82) is 0 Å². The molecule has 0 spiro atoms. The summed E-state index contributed by atoms with van der Waals surface area (Å²) in [6.07, 6.45) is 0.602. The van der Waals surface area contributed by atoms with E-state index in [0.29, 0.717) is 12.3 Å². The first-order valence-corrected chi connectivity index (χ1v) is 4.82. The molecule has 0 saturated heterocycles. The quantitative estimate of drug-likeness (QED) is 0.787. The minimum absolute atomic E-state index is 0.127.